The molecule has 3 heteroatoms. The van der Waals surface area contributed by atoms with E-state index in [4.69, 9.17) is 0 Å². The van der Waals surface area contributed by atoms with Crippen molar-refractivity contribution in [3.05, 3.63) is 338 Å². The van der Waals surface area contributed by atoms with Gasteiger partial charge in [0, 0.05) is 59.9 Å². The molecule has 2 aliphatic carbocycles. The predicted molar refractivity (Wildman–Crippen MR) is 347 cm³/mol. The van der Waals surface area contributed by atoms with Crippen molar-refractivity contribution >= 4 is 65.6 Å². The van der Waals surface area contributed by atoms with Crippen molar-refractivity contribution in [2.75, 3.05) is 9.80 Å². The monoisotopic (exact) mass is 1060 g/mol. The minimum absolute atomic E-state index is 0.684. The van der Waals surface area contributed by atoms with E-state index in [1.165, 1.54) is 109 Å². The highest BCUT2D eigenvalue weighted by atomic mass is 32.1. The zero-order valence-corrected chi connectivity index (χ0v) is 45.6. The van der Waals surface area contributed by atoms with E-state index < -0.39 is 5.41 Å². The third kappa shape index (κ3) is 7.69. The van der Waals surface area contributed by atoms with Crippen LogP contribution in [0.25, 0.3) is 86.9 Å². The first-order valence-corrected chi connectivity index (χ1v) is 29.0. The summed E-state index contributed by atoms with van der Waals surface area (Å²) >= 11 is 1.92. The van der Waals surface area contributed by atoms with Crippen molar-refractivity contribution < 1.29 is 0 Å². The molecule has 0 saturated carbocycles. The van der Waals surface area contributed by atoms with Crippen molar-refractivity contribution in [2.45, 2.75) is 5.41 Å². The van der Waals surface area contributed by atoms with Gasteiger partial charge in [0.25, 0.3) is 0 Å². The predicted octanol–water partition coefficient (Wildman–Crippen LogP) is 22.0. The van der Waals surface area contributed by atoms with Crippen LogP contribution >= 0.6 is 11.3 Å². The summed E-state index contributed by atoms with van der Waals surface area (Å²) in [5.74, 6) is 0. The number of benzene rings is 13. The normalized spacial score (nSPS) is 12.5. The second-order valence-electron chi connectivity index (χ2n) is 21.5. The average molecular weight is 1060 g/mol. The number of fused-ring (bicyclic) bond motifs is 14. The first-order chi connectivity index (χ1) is 40.7. The Bertz CT molecular complexity index is 4500. The van der Waals surface area contributed by atoms with Gasteiger partial charge < -0.3 is 9.80 Å². The Morgan fingerprint density at radius 3 is 1.15 bits per heavy atom. The van der Waals surface area contributed by atoms with Crippen LogP contribution in [0.4, 0.5) is 34.1 Å². The highest BCUT2D eigenvalue weighted by Gasteiger charge is 2.53. The van der Waals surface area contributed by atoms with E-state index in [-0.39, 0.29) is 0 Å². The Kier molecular flexibility index (Phi) is 11.3. The SMILES string of the molecule is c1ccc(-c2ccc(N(c3cccc(-c4ccccc4)c3)c3ccc4c(c3)C3(c5cc(N(c6ccc(-c7ccccc7)cc6)c6cccc(-c7ccccc7)c6)ccc5-4)c4ccccc4-c4c3ccc3c4sc4ccccc43)cc2)cc1. The molecule has 0 unspecified atom stereocenters. The maximum atomic E-state index is 2.53. The molecule has 0 atom stereocenters. The average Bonchev–Trinajstić information content (AvgIpc) is 2.58. The number of rotatable bonds is 10. The van der Waals surface area contributed by atoms with Gasteiger partial charge in [-0.25, -0.2) is 0 Å². The first-order valence-electron chi connectivity index (χ1n) is 28.2. The Morgan fingerprint density at radius 2 is 0.634 bits per heavy atom. The molecule has 2 nitrogen and oxygen atoms in total. The molecule has 1 heterocycles. The third-order valence-electron chi connectivity index (χ3n) is 17.1. The molecule has 0 aliphatic heterocycles. The minimum Gasteiger partial charge on any atom is -0.310 e. The lowest BCUT2D eigenvalue weighted by molar-refractivity contribution is 0.794. The quantitative estimate of drug-likeness (QED) is 0.135. The second-order valence-corrected chi connectivity index (χ2v) is 22.6. The zero-order valence-electron chi connectivity index (χ0n) is 44.8. The van der Waals surface area contributed by atoms with Crippen LogP contribution in [0, 0.1) is 0 Å². The molecule has 13 aromatic carbocycles. The summed E-state index contributed by atoms with van der Waals surface area (Å²) in [5, 5.41) is 2.61. The molecule has 0 N–H and O–H groups in total. The molecule has 0 fully saturated rings. The Balaban J connectivity index is 0.943. The van der Waals surface area contributed by atoms with Gasteiger partial charge in [-0.2, -0.15) is 0 Å². The first kappa shape index (κ1) is 47.7. The minimum atomic E-state index is -0.684. The summed E-state index contributed by atoms with van der Waals surface area (Å²) < 4.78 is 2.64. The van der Waals surface area contributed by atoms with E-state index >= 15 is 0 Å². The fourth-order valence-corrected chi connectivity index (χ4v) is 14.6. The van der Waals surface area contributed by atoms with Crippen molar-refractivity contribution in [2.24, 2.45) is 0 Å². The smallest absolute Gasteiger partial charge is 0.0727 e. The standard InChI is InChI=1S/C79H52N2S/c1-5-19-53(20-6-1)57-35-39-61(40-36-57)80(63-29-17-27-59(49-63)55-23-9-3-10-24-55)65-43-45-67-68-46-44-66(81(62-41-37-58(38-42-62)54-21-7-2-8-22-54)64-30-18-28-60(50-64)56-25-11-4-12-26-56)52-75(68)79(74(67)51-65)72-33-15-13-32-71(72)77-73(79)48-47-70-69-31-14-16-34-76(69)82-78(70)77/h1-52H. The van der Waals surface area contributed by atoms with Crippen LogP contribution in [-0.2, 0) is 5.41 Å². The summed E-state index contributed by atoms with van der Waals surface area (Å²) in [6.45, 7) is 0. The van der Waals surface area contributed by atoms with Gasteiger partial charge in [-0.3, -0.25) is 0 Å². The Labute approximate surface area is 482 Å². The molecule has 1 spiro atoms. The molecule has 16 rings (SSSR count). The molecule has 0 radical (unpaired) electrons. The largest absolute Gasteiger partial charge is 0.310 e. The number of hydrogen-bond acceptors (Lipinski definition) is 3. The van der Waals surface area contributed by atoms with Gasteiger partial charge >= 0.3 is 0 Å². The van der Waals surface area contributed by atoms with Gasteiger partial charge in [0.2, 0.25) is 0 Å². The summed E-state index contributed by atoms with van der Waals surface area (Å²) in [7, 11) is 0. The topological polar surface area (TPSA) is 6.48 Å². The van der Waals surface area contributed by atoms with E-state index in [9.17, 15) is 0 Å². The molecule has 14 aromatic rings. The van der Waals surface area contributed by atoms with Gasteiger partial charge in [0.15, 0.2) is 0 Å². The zero-order chi connectivity index (χ0) is 54.1. The Hall–Kier alpha value is -10.3. The fourth-order valence-electron chi connectivity index (χ4n) is 13.4. The van der Waals surface area contributed by atoms with Gasteiger partial charge in [-0.15, -0.1) is 11.3 Å². The van der Waals surface area contributed by atoms with E-state index in [0.29, 0.717) is 0 Å². The van der Waals surface area contributed by atoms with Gasteiger partial charge in [0.1, 0.15) is 0 Å². The van der Waals surface area contributed by atoms with E-state index in [2.05, 4.69) is 325 Å². The van der Waals surface area contributed by atoms with E-state index in [1.807, 2.05) is 11.3 Å². The lowest BCUT2D eigenvalue weighted by Crippen LogP contribution is -2.26. The van der Waals surface area contributed by atoms with Gasteiger partial charge in [-0.05, 0) is 162 Å². The molecule has 0 bridgehead atoms. The maximum Gasteiger partial charge on any atom is 0.0727 e. The van der Waals surface area contributed by atoms with Crippen molar-refractivity contribution in [1.29, 1.82) is 0 Å². The second kappa shape index (κ2) is 19.5. The maximum absolute atomic E-state index is 2.53. The number of thiophene rings is 1. The van der Waals surface area contributed by atoms with Crippen LogP contribution in [0.3, 0.4) is 0 Å². The summed E-state index contributed by atoms with van der Waals surface area (Å²) in [5.41, 5.74) is 25.6. The van der Waals surface area contributed by atoms with Crippen LogP contribution in [0.2, 0.25) is 0 Å². The molecule has 82 heavy (non-hydrogen) atoms. The van der Waals surface area contributed by atoms with Gasteiger partial charge in [0.05, 0.1) is 5.41 Å². The number of anilines is 6. The van der Waals surface area contributed by atoms with Crippen molar-refractivity contribution in [3.8, 4) is 66.8 Å². The molecular formula is C79H52N2S. The summed E-state index contributed by atoms with van der Waals surface area (Å²) in [6, 6.07) is 117. The van der Waals surface area contributed by atoms with E-state index in [1.54, 1.807) is 0 Å². The molecular weight excluding hydrogens is 1010 g/mol. The lowest BCUT2D eigenvalue weighted by Gasteiger charge is -2.33. The highest BCUT2D eigenvalue weighted by molar-refractivity contribution is 7.26. The summed E-state index contributed by atoms with van der Waals surface area (Å²) in [6.07, 6.45) is 0. The molecule has 2 aliphatic rings. The molecule has 384 valence electrons. The van der Waals surface area contributed by atoms with E-state index in [0.717, 1.165) is 34.1 Å². The number of hydrogen-bond donors (Lipinski definition) is 0. The molecule has 0 amide bonds. The fraction of sp³-hybridized carbons (Fsp3) is 0.0127. The van der Waals surface area contributed by atoms with Crippen LogP contribution in [0.1, 0.15) is 22.3 Å². The highest BCUT2D eigenvalue weighted by Crippen LogP contribution is 2.66. The van der Waals surface area contributed by atoms with Crippen molar-refractivity contribution in [1.82, 2.24) is 0 Å². The Morgan fingerprint density at radius 1 is 0.232 bits per heavy atom. The molecule has 1 aromatic heterocycles. The number of nitrogens with zero attached hydrogens (tertiary/aromatic N) is 2. The van der Waals surface area contributed by atoms with Gasteiger partial charge in [-0.1, -0.05) is 237 Å². The molecule has 0 saturated heterocycles. The lowest BCUT2D eigenvalue weighted by atomic mass is 9.70. The van der Waals surface area contributed by atoms with Crippen molar-refractivity contribution in [3.63, 3.8) is 0 Å². The summed E-state index contributed by atoms with van der Waals surface area (Å²) in [4.78, 5) is 4.92. The third-order valence-corrected chi connectivity index (χ3v) is 18.3. The van der Waals surface area contributed by atoms with Crippen LogP contribution < -0.4 is 9.80 Å². The van der Waals surface area contributed by atoms with Crippen LogP contribution in [0.5, 0.6) is 0 Å². The van der Waals surface area contributed by atoms with Crippen LogP contribution in [-0.4, -0.2) is 0 Å². The van der Waals surface area contributed by atoms with Crippen LogP contribution in [0.15, 0.2) is 315 Å².